The largest absolute Gasteiger partial charge is 0.354 e. The van der Waals surface area contributed by atoms with Gasteiger partial charge < -0.3 is 4.52 Å². The first kappa shape index (κ1) is 19.4. The van der Waals surface area contributed by atoms with Gasteiger partial charge in [-0.05, 0) is 37.5 Å². The summed E-state index contributed by atoms with van der Waals surface area (Å²) in [6.45, 7) is 3.43. The van der Waals surface area contributed by atoms with Crippen LogP contribution in [0.5, 0.6) is 0 Å². The Balaban J connectivity index is 1.91. The van der Waals surface area contributed by atoms with Gasteiger partial charge in [-0.15, -0.1) is 0 Å². The summed E-state index contributed by atoms with van der Waals surface area (Å²) in [5.74, 6) is -0.809. The molecule has 0 amide bonds. The van der Waals surface area contributed by atoms with Crippen molar-refractivity contribution in [3.8, 4) is 0 Å². The van der Waals surface area contributed by atoms with Crippen LogP contribution >= 0.6 is 0 Å². The lowest BCUT2D eigenvalue weighted by Gasteiger charge is -2.15. The lowest BCUT2D eigenvalue weighted by atomic mass is 9.87. The summed E-state index contributed by atoms with van der Waals surface area (Å²) in [6.07, 6.45) is 0.214. The molecular weight excluding hydrogens is 363 g/mol. The lowest BCUT2D eigenvalue weighted by molar-refractivity contribution is -0.386. The molecule has 0 aliphatic heterocycles. The minimum atomic E-state index is -0.537. The van der Waals surface area contributed by atoms with E-state index >= 15 is 0 Å². The zero-order valence-electron chi connectivity index (χ0n) is 15.5. The van der Waals surface area contributed by atoms with Crippen molar-refractivity contribution in [1.82, 2.24) is 5.16 Å². The number of benzene rings is 2. The molecule has 144 valence electrons. The predicted molar refractivity (Wildman–Crippen MR) is 101 cm³/mol. The number of carbonyl (C=O) groups excluding carboxylic acids is 1. The second-order valence-corrected chi connectivity index (χ2v) is 6.74. The number of Topliss-reactive ketones (excluding diaryl/α,β-unsaturated/α-hetero) is 1. The van der Waals surface area contributed by atoms with Gasteiger partial charge in [-0.1, -0.05) is 47.1 Å². The van der Waals surface area contributed by atoms with Gasteiger partial charge in [-0.25, -0.2) is 4.39 Å². The maximum atomic E-state index is 13.3. The molecule has 0 spiro atoms. The molecule has 3 aromatic rings. The molecule has 1 heterocycles. The number of hydrogen-bond acceptors (Lipinski definition) is 5. The van der Waals surface area contributed by atoms with E-state index in [9.17, 15) is 19.3 Å². The Hall–Kier alpha value is -3.35. The summed E-state index contributed by atoms with van der Waals surface area (Å²) < 4.78 is 18.5. The standard InChI is InChI=1S/C21H19FN2O4/c1-13-3-5-16(6-4-13)19(25)11-17(15-7-9-18(22)10-8-15)12-20-21(24(26)27)14(2)23-28-20/h3-10,17H,11-12H2,1-2H3/t17-/m0/s1. The second-order valence-electron chi connectivity index (χ2n) is 6.74. The highest BCUT2D eigenvalue weighted by molar-refractivity contribution is 5.96. The zero-order chi connectivity index (χ0) is 20.3. The van der Waals surface area contributed by atoms with E-state index in [4.69, 9.17) is 4.52 Å². The van der Waals surface area contributed by atoms with Crippen molar-refractivity contribution in [2.45, 2.75) is 32.6 Å². The first-order valence-corrected chi connectivity index (χ1v) is 8.80. The van der Waals surface area contributed by atoms with Crippen LogP contribution in [-0.2, 0) is 6.42 Å². The number of halogens is 1. The molecule has 0 fully saturated rings. The average molecular weight is 382 g/mol. The smallest absolute Gasteiger partial charge is 0.334 e. The van der Waals surface area contributed by atoms with Crippen LogP contribution in [0.4, 0.5) is 10.1 Å². The summed E-state index contributed by atoms with van der Waals surface area (Å²) in [6, 6.07) is 13.0. The van der Waals surface area contributed by atoms with E-state index < -0.39 is 16.7 Å². The molecule has 1 aromatic heterocycles. The van der Waals surface area contributed by atoms with Gasteiger partial charge in [0.1, 0.15) is 5.82 Å². The van der Waals surface area contributed by atoms with Crippen LogP contribution in [0.2, 0.25) is 0 Å². The van der Waals surface area contributed by atoms with Crippen molar-refractivity contribution in [2.24, 2.45) is 0 Å². The van der Waals surface area contributed by atoms with Crippen LogP contribution in [0, 0.1) is 29.8 Å². The maximum Gasteiger partial charge on any atom is 0.334 e. The number of nitro groups is 1. The molecule has 0 bridgehead atoms. The average Bonchev–Trinajstić information content (AvgIpc) is 3.02. The summed E-state index contributed by atoms with van der Waals surface area (Å²) >= 11 is 0. The molecule has 3 rings (SSSR count). The molecule has 0 unspecified atom stereocenters. The molecule has 0 saturated heterocycles. The fourth-order valence-electron chi connectivity index (χ4n) is 3.13. The number of carbonyl (C=O) groups is 1. The predicted octanol–water partition coefficient (Wildman–Crippen LogP) is 4.94. The second kappa shape index (κ2) is 8.12. The van der Waals surface area contributed by atoms with Crippen molar-refractivity contribution in [3.05, 3.63) is 92.6 Å². The molecule has 0 radical (unpaired) electrons. The summed E-state index contributed by atoms with van der Waals surface area (Å²) in [4.78, 5) is 23.6. The minimum Gasteiger partial charge on any atom is -0.354 e. The third-order valence-corrected chi connectivity index (χ3v) is 4.66. The van der Waals surface area contributed by atoms with E-state index in [2.05, 4.69) is 5.16 Å². The van der Waals surface area contributed by atoms with Gasteiger partial charge >= 0.3 is 5.69 Å². The van der Waals surface area contributed by atoms with Crippen molar-refractivity contribution >= 4 is 11.5 Å². The van der Waals surface area contributed by atoms with Crippen molar-refractivity contribution in [3.63, 3.8) is 0 Å². The Bertz CT molecular complexity index is 994. The number of rotatable bonds is 7. The van der Waals surface area contributed by atoms with Crippen LogP contribution in [-0.4, -0.2) is 15.9 Å². The van der Waals surface area contributed by atoms with E-state index in [0.29, 0.717) is 11.1 Å². The number of hydrogen-bond donors (Lipinski definition) is 0. The number of nitrogens with zero attached hydrogens (tertiary/aromatic N) is 2. The number of aryl methyl sites for hydroxylation is 2. The topological polar surface area (TPSA) is 86.2 Å². The zero-order valence-corrected chi connectivity index (χ0v) is 15.5. The van der Waals surface area contributed by atoms with Gasteiger partial charge in [0.25, 0.3) is 0 Å². The van der Waals surface area contributed by atoms with Crippen molar-refractivity contribution in [1.29, 1.82) is 0 Å². The van der Waals surface area contributed by atoms with Gasteiger partial charge in [0.15, 0.2) is 11.5 Å². The Morgan fingerprint density at radius 2 is 1.79 bits per heavy atom. The van der Waals surface area contributed by atoms with Crippen LogP contribution < -0.4 is 0 Å². The van der Waals surface area contributed by atoms with Crippen molar-refractivity contribution in [2.75, 3.05) is 0 Å². The highest BCUT2D eigenvalue weighted by Gasteiger charge is 2.28. The van der Waals surface area contributed by atoms with E-state index in [1.165, 1.54) is 19.1 Å². The monoisotopic (exact) mass is 382 g/mol. The summed E-state index contributed by atoms with van der Waals surface area (Å²) in [5.41, 5.74) is 2.29. The van der Waals surface area contributed by atoms with E-state index in [1.807, 2.05) is 19.1 Å². The molecule has 7 heteroatoms. The Kier molecular flexibility index (Phi) is 5.63. The van der Waals surface area contributed by atoms with E-state index in [1.54, 1.807) is 24.3 Å². The molecule has 0 aliphatic carbocycles. The maximum absolute atomic E-state index is 13.3. The van der Waals surface area contributed by atoms with Gasteiger partial charge in [0, 0.05) is 18.4 Å². The fraction of sp³-hybridized carbons (Fsp3) is 0.238. The summed E-state index contributed by atoms with van der Waals surface area (Å²) in [5, 5.41) is 15.0. The quantitative estimate of drug-likeness (QED) is 0.328. The third kappa shape index (κ3) is 4.31. The first-order chi connectivity index (χ1) is 13.3. The van der Waals surface area contributed by atoms with E-state index in [0.717, 1.165) is 5.56 Å². The molecule has 0 aliphatic rings. The highest BCUT2D eigenvalue weighted by Crippen LogP contribution is 2.32. The molecule has 6 nitrogen and oxygen atoms in total. The molecule has 28 heavy (non-hydrogen) atoms. The SMILES string of the molecule is Cc1ccc(C(=O)C[C@@H](Cc2onc(C)c2[N+](=O)[O-])c2ccc(F)cc2)cc1. The molecule has 1 atom stereocenters. The first-order valence-electron chi connectivity index (χ1n) is 8.80. The van der Waals surface area contributed by atoms with Crippen molar-refractivity contribution < 1.29 is 18.6 Å². The molecular formula is C21H19FN2O4. The normalized spacial score (nSPS) is 12.0. The molecule has 0 N–H and O–H groups in total. The lowest BCUT2D eigenvalue weighted by Crippen LogP contribution is -2.11. The molecule has 2 aromatic carbocycles. The number of aromatic nitrogens is 1. The van der Waals surface area contributed by atoms with E-state index in [-0.39, 0.29) is 35.8 Å². The third-order valence-electron chi connectivity index (χ3n) is 4.66. The Morgan fingerprint density at radius 3 is 2.39 bits per heavy atom. The molecule has 0 saturated carbocycles. The minimum absolute atomic E-state index is 0.103. The van der Waals surface area contributed by atoms with Crippen LogP contribution in [0.3, 0.4) is 0 Å². The highest BCUT2D eigenvalue weighted by atomic mass is 19.1. The Morgan fingerprint density at radius 1 is 1.14 bits per heavy atom. The summed E-state index contributed by atoms with van der Waals surface area (Å²) in [7, 11) is 0. The Labute approximate surface area is 161 Å². The fourth-order valence-corrected chi connectivity index (χ4v) is 3.13. The van der Waals surface area contributed by atoms with Crippen LogP contribution in [0.15, 0.2) is 53.1 Å². The van der Waals surface area contributed by atoms with Gasteiger partial charge in [-0.3, -0.25) is 14.9 Å². The van der Waals surface area contributed by atoms with Gasteiger partial charge in [0.05, 0.1) is 4.92 Å². The number of ketones is 1. The van der Waals surface area contributed by atoms with Gasteiger partial charge in [0.2, 0.25) is 5.76 Å². The van der Waals surface area contributed by atoms with Crippen LogP contribution in [0.25, 0.3) is 0 Å². The van der Waals surface area contributed by atoms with Gasteiger partial charge in [-0.2, -0.15) is 0 Å². The van der Waals surface area contributed by atoms with Crippen LogP contribution in [0.1, 0.15) is 45.3 Å².